The summed E-state index contributed by atoms with van der Waals surface area (Å²) in [6, 6.07) is 7.38. The smallest absolute Gasteiger partial charge is 0.226 e. The zero-order valence-corrected chi connectivity index (χ0v) is 12.6. The second kappa shape index (κ2) is 7.88. The summed E-state index contributed by atoms with van der Waals surface area (Å²) in [7, 11) is 0. The number of ether oxygens (including phenoxy) is 1. The lowest BCUT2D eigenvalue weighted by Crippen LogP contribution is -2.43. The van der Waals surface area contributed by atoms with E-state index in [1.54, 1.807) is 0 Å². The van der Waals surface area contributed by atoms with Gasteiger partial charge in [-0.25, -0.2) is 0 Å². The molecule has 0 spiro atoms. The van der Waals surface area contributed by atoms with Crippen LogP contribution in [0.5, 0.6) is 0 Å². The normalized spacial score (nSPS) is 17.5. The number of hydrogen-bond acceptors (Lipinski definition) is 6. The predicted octanol–water partition coefficient (Wildman–Crippen LogP) is 1.48. The second-order valence-corrected chi connectivity index (χ2v) is 4.81. The van der Waals surface area contributed by atoms with Gasteiger partial charge < -0.3 is 19.9 Å². The van der Waals surface area contributed by atoms with Crippen molar-refractivity contribution >= 4 is 24.0 Å². The Morgan fingerprint density at radius 1 is 1.36 bits per heavy atom. The minimum Gasteiger partial charge on any atom is -0.378 e. The van der Waals surface area contributed by atoms with Gasteiger partial charge in [0.05, 0.1) is 13.2 Å². The number of benzene rings is 1. The van der Waals surface area contributed by atoms with E-state index in [2.05, 4.69) is 20.8 Å². The van der Waals surface area contributed by atoms with E-state index in [0.717, 1.165) is 17.8 Å². The van der Waals surface area contributed by atoms with Gasteiger partial charge in [0.25, 0.3) is 0 Å². The molecule has 3 rings (SSSR count). The molecule has 1 aromatic carbocycles. The molecule has 1 aliphatic heterocycles. The SMILES string of the molecule is Cl.O=C(CC1COCCN1)Nc1ccc(-c2ncon2)cc1. The summed E-state index contributed by atoms with van der Waals surface area (Å²) in [6.45, 7) is 2.07. The molecule has 2 heterocycles. The van der Waals surface area contributed by atoms with Crippen LogP contribution in [0.4, 0.5) is 5.69 Å². The molecule has 8 heteroatoms. The van der Waals surface area contributed by atoms with Gasteiger partial charge in [-0.05, 0) is 24.3 Å². The third-order valence-corrected chi connectivity index (χ3v) is 3.22. The van der Waals surface area contributed by atoms with Crippen LogP contribution >= 0.6 is 12.4 Å². The fourth-order valence-corrected chi connectivity index (χ4v) is 2.19. The van der Waals surface area contributed by atoms with E-state index in [-0.39, 0.29) is 24.4 Å². The first-order valence-corrected chi connectivity index (χ1v) is 6.79. The number of halogens is 1. The van der Waals surface area contributed by atoms with Crippen LogP contribution < -0.4 is 10.6 Å². The van der Waals surface area contributed by atoms with Crippen molar-refractivity contribution in [3.8, 4) is 11.4 Å². The molecule has 2 aromatic rings. The minimum atomic E-state index is -0.0367. The number of rotatable bonds is 4. The Labute approximate surface area is 133 Å². The highest BCUT2D eigenvalue weighted by Crippen LogP contribution is 2.17. The fraction of sp³-hybridized carbons (Fsp3) is 0.357. The molecule has 0 aliphatic carbocycles. The lowest BCUT2D eigenvalue weighted by atomic mass is 10.1. The van der Waals surface area contributed by atoms with Crippen LogP contribution in [0.25, 0.3) is 11.4 Å². The molecule has 0 bridgehead atoms. The number of nitrogens with one attached hydrogen (secondary N) is 2. The van der Waals surface area contributed by atoms with Crippen LogP contribution in [0.3, 0.4) is 0 Å². The highest BCUT2D eigenvalue weighted by molar-refractivity contribution is 5.91. The molecule has 1 saturated heterocycles. The van der Waals surface area contributed by atoms with Crippen molar-refractivity contribution in [1.29, 1.82) is 0 Å². The molecule has 118 valence electrons. The van der Waals surface area contributed by atoms with Crippen molar-refractivity contribution in [2.75, 3.05) is 25.1 Å². The van der Waals surface area contributed by atoms with E-state index < -0.39 is 0 Å². The topological polar surface area (TPSA) is 89.3 Å². The van der Waals surface area contributed by atoms with Gasteiger partial charge in [-0.15, -0.1) is 12.4 Å². The average molecular weight is 325 g/mol. The molecule has 1 fully saturated rings. The number of hydrogen-bond donors (Lipinski definition) is 2. The zero-order chi connectivity index (χ0) is 14.5. The summed E-state index contributed by atoms with van der Waals surface area (Å²) in [6.07, 6.45) is 1.68. The molecule has 0 saturated carbocycles. The molecule has 0 radical (unpaired) electrons. The van der Waals surface area contributed by atoms with Crippen molar-refractivity contribution in [3.05, 3.63) is 30.7 Å². The first-order chi connectivity index (χ1) is 10.3. The Bertz CT molecular complexity index is 583. The molecule has 1 atom stereocenters. The van der Waals surface area contributed by atoms with Crippen LogP contribution in [-0.4, -0.2) is 41.8 Å². The van der Waals surface area contributed by atoms with Gasteiger partial charge in [0.1, 0.15) is 0 Å². The average Bonchev–Trinajstić information content (AvgIpc) is 3.03. The molecule has 7 nitrogen and oxygen atoms in total. The molecular formula is C14H17ClN4O3. The van der Waals surface area contributed by atoms with Gasteiger partial charge in [0.2, 0.25) is 18.1 Å². The maximum absolute atomic E-state index is 11.9. The first kappa shape index (κ1) is 16.4. The molecule has 1 unspecified atom stereocenters. The number of nitrogens with zero attached hydrogens (tertiary/aromatic N) is 2. The lowest BCUT2D eigenvalue weighted by molar-refractivity contribution is -0.117. The Morgan fingerprint density at radius 2 is 2.18 bits per heavy atom. The first-order valence-electron chi connectivity index (χ1n) is 6.79. The zero-order valence-electron chi connectivity index (χ0n) is 11.8. The summed E-state index contributed by atoms with van der Waals surface area (Å²) >= 11 is 0. The quantitative estimate of drug-likeness (QED) is 0.885. The van der Waals surface area contributed by atoms with E-state index in [9.17, 15) is 4.79 Å². The van der Waals surface area contributed by atoms with Crippen LogP contribution in [0.15, 0.2) is 35.2 Å². The maximum Gasteiger partial charge on any atom is 0.226 e. The van der Waals surface area contributed by atoms with Crippen molar-refractivity contribution < 1.29 is 14.1 Å². The molecular weight excluding hydrogens is 308 g/mol. The number of morpholine rings is 1. The minimum absolute atomic E-state index is 0. The largest absolute Gasteiger partial charge is 0.378 e. The summed E-state index contributed by atoms with van der Waals surface area (Å²) in [4.78, 5) is 15.9. The Kier molecular flexibility index (Phi) is 5.88. The lowest BCUT2D eigenvalue weighted by Gasteiger charge is -2.23. The fourth-order valence-electron chi connectivity index (χ4n) is 2.19. The number of carbonyl (C=O) groups excluding carboxylic acids is 1. The Hall–Kier alpha value is -1.96. The van der Waals surface area contributed by atoms with E-state index in [4.69, 9.17) is 9.26 Å². The van der Waals surface area contributed by atoms with Gasteiger partial charge in [-0.3, -0.25) is 4.79 Å². The highest BCUT2D eigenvalue weighted by atomic mass is 35.5. The van der Waals surface area contributed by atoms with Crippen molar-refractivity contribution in [2.45, 2.75) is 12.5 Å². The summed E-state index contributed by atoms with van der Waals surface area (Å²) in [5, 5.41) is 9.87. The van der Waals surface area contributed by atoms with Crippen LogP contribution in [0, 0.1) is 0 Å². The second-order valence-electron chi connectivity index (χ2n) is 4.81. The number of amides is 1. The molecule has 22 heavy (non-hydrogen) atoms. The summed E-state index contributed by atoms with van der Waals surface area (Å²) in [5.74, 6) is 0.488. The van der Waals surface area contributed by atoms with Crippen LogP contribution in [0.1, 0.15) is 6.42 Å². The number of anilines is 1. The van der Waals surface area contributed by atoms with Crippen molar-refractivity contribution in [2.24, 2.45) is 0 Å². The number of aromatic nitrogens is 2. The standard InChI is InChI=1S/C14H16N4O3.ClH/c19-13(7-12-8-20-6-5-15-12)17-11-3-1-10(2-4-11)14-16-9-21-18-14;/h1-4,9,12,15H,5-8H2,(H,17,19);1H. The van der Waals surface area contributed by atoms with Gasteiger partial charge in [-0.2, -0.15) is 4.98 Å². The maximum atomic E-state index is 11.9. The third kappa shape index (κ3) is 4.27. The van der Waals surface area contributed by atoms with Gasteiger partial charge in [0, 0.05) is 30.3 Å². The van der Waals surface area contributed by atoms with Gasteiger partial charge >= 0.3 is 0 Å². The van der Waals surface area contributed by atoms with Gasteiger partial charge in [0.15, 0.2) is 0 Å². The third-order valence-electron chi connectivity index (χ3n) is 3.22. The summed E-state index contributed by atoms with van der Waals surface area (Å²) in [5.41, 5.74) is 1.58. The monoisotopic (exact) mass is 324 g/mol. The molecule has 1 aromatic heterocycles. The van der Waals surface area contributed by atoms with Crippen molar-refractivity contribution in [3.63, 3.8) is 0 Å². The molecule has 1 amide bonds. The molecule has 2 N–H and O–H groups in total. The molecule has 1 aliphatic rings. The Balaban J connectivity index is 0.00000176. The predicted molar refractivity (Wildman–Crippen MR) is 82.8 cm³/mol. The van der Waals surface area contributed by atoms with E-state index in [1.165, 1.54) is 6.39 Å². The Morgan fingerprint density at radius 3 is 2.82 bits per heavy atom. The van der Waals surface area contributed by atoms with E-state index in [0.29, 0.717) is 25.5 Å². The van der Waals surface area contributed by atoms with Gasteiger partial charge in [-0.1, -0.05) is 5.16 Å². The van der Waals surface area contributed by atoms with E-state index >= 15 is 0 Å². The van der Waals surface area contributed by atoms with Crippen LogP contribution in [-0.2, 0) is 9.53 Å². The van der Waals surface area contributed by atoms with Crippen LogP contribution in [0.2, 0.25) is 0 Å². The van der Waals surface area contributed by atoms with E-state index in [1.807, 2.05) is 24.3 Å². The summed E-state index contributed by atoms with van der Waals surface area (Å²) < 4.78 is 10.0. The number of carbonyl (C=O) groups is 1. The highest BCUT2D eigenvalue weighted by Gasteiger charge is 2.16. The van der Waals surface area contributed by atoms with Crippen molar-refractivity contribution in [1.82, 2.24) is 15.5 Å².